The van der Waals surface area contributed by atoms with Gasteiger partial charge in [-0.05, 0) is 27.7 Å². The number of alkyl halides is 5. The lowest BCUT2D eigenvalue weighted by Gasteiger charge is -2.34. The largest absolute Gasteiger partial charge is 0.471 e. The van der Waals surface area contributed by atoms with Crippen molar-refractivity contribution < 1.29 is 47.2 Å². The number of halogens is 6. The first-order valence-electron chi connectivity index (χ1n) is 6.72. The summed E-state index contributed by atoms with van der Waals surface area (Å²) in [5.74, 6) is 0. The van der Waals surface area contributed by atoms with Gasteiger partial charge in [-0.25, -0.2) is 8.42 Å². The van der Waals surface area contributed by atoms with Crippen LogP contribution in [0.2, 0.25) is 0 Å². The van der Waals surface area contributed by atoms with Crippen molar-refractivity contribution in [3.05, 3.63) is 0 Å². The molecule has 0 saturated heterocycles. The van der Waals surface area contributed by atoms with Gasteiger partial charge in [-0.3, -0.25) is 0 Å². The van der Waals surface area contributed by atoms with Gasteiger partial charge < -0.3 is 4.48 Å². The summed E-state index contributed by atoms with van der Waals surface area (Å²) in [6.07, 6.45) is -6.57. The van der Waals surface area contributed by atoms with E-state index in [1.165, 1.54) is 30.7 Å². The van der Waals surface area contributed by atoms with Gasteiger partial charge in [-0.1, -0.05) is 8.01 Å². The summed E-state index contributed by atoms with van der Waals surface area (Å²) >= 11 is 0. The maximum absolute atomic E-state index is 12.0. The lowest BCUT2D eigenvalue weighted by atomic mass is 10.3. The predicted octanol–water partition coefficient (Wildman–Crippen LogP) is 2.16. The SMILES string of the molecule is CC[N+](CC)(CC)CC.O=S(=O)(F)NS(=O)(=O)C(F)(F)C(F)(F)F. The van der Waals surface area contributed by atoms with Crippen LogP contribution in [0.25, 0.3) is 0 Å². The zero-order chi connectivity index (χ0) is 20.0. The zero-order valence-corrected chi connectivity index (χ0v) is 15.1. The van der Waals surface area contributed by atoms with Crippen molar-refractivity contribution in [1.82, 2.24) is 4.13 Å². The predicted molar refractivity (Wildman–Crippen MR) is 75.5 cm³/mol. The van der Waals surface area contributed by atoms with Crippen LogP contribution in [0.15, 0.2) is 0 Å². The van der Waals surface area contributed by atoms with E-state index in [4.69, 9.17) is 0 Å². The second-order valence-corrected chi connectivity index (χ2v) is 7.71. The molecule has 0 radical (unpaired) electrons. The first-order valence-corrected chi connectivity index (χ1v) is 9.59. The Kier molecular flexibility index (Phi) is 9.26. The Bertz CT molecular complexity index is 567. The molecule has 0 saturated carbocycles. The average molecular weight is 411 g/mol. The standard InChI is InChI=1S/C8H20N.C2HF6NO4S2/c1-5-9(6-2,7-3)8-4;3-1(4,5)2(6,7)14(10,11)9-15(8,12)13/h5-8H2,1-4H3;9H/q+1;. The molecule has 0 unspecified atom stereocenters. The highest BCUT2D eigenvalue weighted by atomic mass is 32.3. The molecular weight excluding hydrogens is 390 g/mol. The normalized spacial score (nSPS) is 14.1. The molecule has 0 fully saturated rings. The Morgan fingerprint density at radius 1 is 0.792 bits per heavy atom. The fourth-order valence-corrected chi connectivity index (χ4v) is 3.45. The fraction of sp³-hybridized carbons (Fsp3) is 1.00. The first-order chi connectivity index (χ1) is 10.4. The van der Waals surface area contributed by atoms with Gasteiger partial charge in [0.2, 0.25) is 0 Å². The molecule has 0 aliphatic heterocycles. The number of nitrogens with zero attached hydrogens (tertiary/aromatic N) is 1. The van der Waals surface area contributed by atoms with Crippen molar-refractivity contribution in [3.8, 4) is 0 Å². The monoisotopic (exact) mass is 411 g/mol. The van der Waals surface area contributed by atoms with Crippen molar-refractivity contribution in [2.45, 2.75) is 39.1 Å². The molecule has 0 aromatic carbocycles. The minimum absolute atomic E-state index is 0.450. The van der Waals surface area contributed by atoms with Gasteiger partial charge in [0.25, 0.3) is 0 Å². The Morgan fingerprint density at radius 2 is 1.08 bits per heavy atom. The molecule has 0 spiro atoms. The summed E-state index contributed by atoms with van der Waals surface area (Å²) in [5.41, 5.74) is 0. The van der Waals surface area contributed by atoms with Gasteiger partial charge in [0, 0.05) is 0 Å². The van der Waals surface area contributed by atoms with Gasteiger partial charge in [0.1, 0.15) is 0 Å². The van der Waals surface area contributed by atoms with Crippen LogP contribution in [-0.2, 0) is 20.4 Å². The molecule has 0 aromatic rings. The molecule has 24 heavy (non-hydrogen) atoms. The van der Waals surface area contributed by atoms with E-state index in [0.29, 0.717) is 0 Å². The van der Waals surface area contributed by atoms with Gasteiger partial charge in [-0.2, -0.15) is 30.4 Å². The maximum Gasteiger partial charge on any atom is 0.471 e. The van der Waals surface area contributed by atoms with Crippen LogP contribution < -0.4 is 4.13 Å². The summed E-state index contributed by atoms with van der Waals surface area (Å²) in [7, 11) is -13.0. The van der Waals surface area contributed by atoms with E-state index >= 15 is 0 Å². The van der Waals surface area contributed by atoms with Crippen LogP contribution in [0.3, 0.4) is 0 Å². The molecule has 6 nitrogen and oxygen atoms in total. The molecule has 0 aliphatic carbocycles. The van der Waals surface area contributed by atoms with Crippen LogP contribution >= 0.6 is 0 Å². The molecule has 0 aliphatic rings. The van der Waals surface area contributed by atoms with E-state index in [1.54, 1.807) is 0 Å². The third-order valence-electron chi connectivity index (χ3n) is 3.56. The number of nitrogens with one attached hydrogen (secondary N) is 1. The Morgan fingerprint density at radius 3 is 1.21 bits per heavy atom. The van der Waals surface area contributed by atoms with Crippen molar-refractivity contribution >= 4 is 20.4 Å². The van der Waals surface area contributed by atoms with Crippen LogP contribution in [0, 0.1) is 0 Å². The van der Waals surface area contributed by atoms with Crippen molar-refractivity contribution in [1.29, 1.82) is 0 Å². The molecule has 0 rings (SSSR count). The van der Waals surface area contributed by atoms with E-state index in [0.717, 1.165) is 0 Å². The number of hydrogen-bond donors (Lipinski definition) is 1. The Hall–Kier alpha value is -0.600. The third-order valence-corrected chi connectivity index (χ3v) is 6.14. The average Bonchev–Trinajstić information content (AvgIpc) is 2.38. The highest BCUT2D eigenvalue weighted by molar-refractivity contribution is 8.03. The molecule has 1 N–H and O–H groups in total. The van der Waals surface area contributed by atoms with Gasteiger partial charge in [0.15, 0.2) is 0 Å². The van der Waals surface area contributed by atoms with Crippen LogP contribution in [-0.4, -0.2) is 58.9 Å². The molecule has 0 aromatic heterocycles. The Labute approximate surface area is 137 Å². The topological polar surface area (TPSA) is 80.3 Å². The van der Waals surface area contributed by atoms with Crippen molar-refractivity contribution in [2.24, 2.45) is 0 Å². The first kappa shape index (κ1) is 25.6. The lowest BCUT2D eigenvalue weighted by Crippen LogP contribution is -2.50. The van der Waals surface area contributed by atoms with E-state index in [9.17, 15) is 42.7 Å². The fourth-order valence-electron chi connectivity index (χ4n) is 1.68. The van der Waals surface area contributed by atoms with Gasteiger partial charge in [-0.15, -0.1) is 0 Å². The molecule has 0 atom stereocenters. The summed E-state index contributed by atoms with van der Waals surface area (Å²) in [5, 5.41) is -6.42. The molecule has 148 valence electrons. The van der Waals surface area contributed by atoms with E-state index < -0.39 is 36.0 Å². The minimum atomic E-state index is -6.75. The summed E-state index contributed by atoms with van der Waals surface area (Å²) in [4.78, 5) is 0. The Balaban J connectivity index is 0. The highest BCUT2D eigenvalue weighted by Gasteiger charge is 2.68. The third kappa shape index (κ3) is 7.11. The number of sulfonamides is 1. The second-order valence-electron chi connectivity index (χ2n) is 4.65. The van der Waals surface area contributed by atoms with Crippen molar-refractivity contribution in [2.75, 3.05) is 26.2 Å². The van der Waals surface area contributed by atoms with Crippen LogP contribution in [0.1, 0.15) is 27.7 Å². The van der Waals surface area contributed by atoms with Gasteiger partial charge in [0.05, 0.1) is 26.2 Å². The van der Waals surface area contributed by atoms with Gasteiger partial charge >= 0.3 is 31.9 Å². The number of rotatable bonds is 7. The van der Waals surface area contributed by atoms with E-state index in [1.807, 2.05) is 0 Å². The van der Waals surface area contributed by atoms with Crippen molar-refractivity contribution in [3.63, 3.8) is 0 Å². The molecule has 0 heterocycles. The summed E-state index contributed by atoms with van der Waals surface area (Å²) < 4.78 is 110. The zero-order valence-electron chi connectivity index (χ0n) is 13.5. The van der Waals surface area contributed by atoms with E-state index in [2.05, 4.69) is 27.7 Å². The summed E-state index contributed by atoms with van der Waals surface area (Å²) in [6, 6.07) is 0. The smallest absolute Gasteiger partial charge is 0.325 e. The van der Waals surface area contributed by atoms with E-state index in [-0.39, 0.29) is 0 Å². The molecule has 14 heteroatoms. The molecular formula is C10H21F6N2O4S2+. The maximum atomic E-state index is 12.0. The summed E-state index contributed by atoms with van der Waals surface area (Å²) in [6.45, 7) is 14.2. The highest BCUT2D eigenvalue weighted by Crippen LogP contribution is 2.39. The minimum Gasteiger partial charge on any atom is -0.325 e. The van der Waals surface area contributed by atoms with Crippen LogP contribution in [0.4, 0.5) is 25.8 Å². The lowest BCUT2D eigenvalue weighted by molar-refractivity contribution is -0.921. The second kappa shape index (κ2) is 8.67. The number of hydrogen-bond acceptors (Lipinski definition) is 4. The van der Waals surface area contributed by atoms with Crippen LogP contribution in [0.5, 0.6) is 0 Å². The quantitative estimate of drug-likeness (QED) is 0.396. The number of quaternary nitrogens is 1. The molecule has 0 amide bonds. The molecule has 0 bridgehead atoms.